The standard InChI is InChI=1S/C14H15ClO2S2/c15-14(13-7-3-4-8-19(13,16)17)11-9-18-12-6-2-1-5-10(11)12/h1-2,5-6,9,13-14H,3-4,7-8H2. The Morgan fingerprint density at radius 2 is 2.05 bits per heavy atom. The maximum absolute atomic E-state index is 12.2. The van der Waals surface area contributed by atoms with E-state index >= 15 is 0 Å². The molecular formula is C14H15ClO2S2. The summed E-state index contributed by atoms with van der Waals surface area (Å²) in [5.41, 5.74) is 0.970. The van der Waals surface area contributed by atoms with Gasteiger partial charge in [-0.3, -0.25) is 0 Å². The van der Waals surface area contributed by atoms with Gasteiger partial charge in [-0.25, -0.2) is 8.42 Å². The van der Waals surface area contributed by atoms with Crippen LogP contribution < -0.4 is 0 Å². The van der Waals surface area contributed by atoms with Crippen LogP contribution in [0, 0.1) is 0 Å². The molecule has 1 fully saturated rings. The average molecular weight is 315 g/mol. The molecule has 2 unspecified atom stereocenters. The monoisotopic (exact) mass is 314 g/mol. The van der Waals surface area contributed by atoms with E-state index in [2.05, 4.69) is 0 Å². The summed E-state index contributed by atoms with van der Waals surface area (Å²) in [7, 11) is -3.04. The highest BCUT2D eigenvalue weighted by molar-refractivity contribution is 7.92. The molecule has 0 N–H and O–H groups in total. The van der Waals surface area contributed by atoms with Gasteiger partial charge < -0.3 is 0 Å². The molecule has 1 aromatic carbocycles. The molecule has 5 heteroatoms. The molecule has 0 amide bonds. The molecule has 2 atom stereocenters. The van der Waals surface area contributed by atoms with Gasteiger partial charge in [-0.2, -0.15) is 0 Å². The van der Waals surface area contributed by atoms with E-state index < -0.39 is 20.5 Å². The number of alkyl halides is 1. The molecule has 3 rings (SSSR count). The van der Waals surface area contributed by atoms with Crippen molar-refractivity contribution < 1.29 is 8.42 Å². The van der Waals surface area contributed by atoms with Gasteiger partial charge in [-0.1, -0.05) is 24.6 Å². The highest BCUT2D eigenvalue weighted by atomic mass is 35.5. The van der Waals surface area contributed by atoms with Gasteiger partial charge >= 0.3 is 0 Å². The Morgan fingerprint density at radius 3 is 2.84 bits per heavy atom. The van der Waals surface area contributed by atoms with Crippen molar-refractivity contribution in [2.45, 2.75) is 29.9 Å². The molecule has 1 saturated heterocycles. The third-order valence-corrected chi connectivity index (χ3v) is 7.72. The second kappa shape index (κ2) is 5.08. The Hall–Kier alpha value is -0.580. The molecule has 0 spiro atoms. The Bertz CT molecular complexity index is 690. The Kier molecular flexibility index (Phi) is 3.58. The van der Waals surface area contributed by atoms with Crippen LogP contribution in [0.2, 0.25) is 0 Å². The first-order valence-electron chi connectivity index (χ1n) is 6.41. The van der Waals surface area contributed by atoms with E-state index in [1.165, 1.54) is 0 Å². The van der Waals surface area contributed by atoms with Crippen LogP contribution in [-0.4, -0.2) is 19.4 Å². The zero-order chi connectivity index (χ0) is 13.5. The highest BCUT2D eigenvalue weighted by Crippen LogP contribution is 2.40. The third kappa shape index (κ3) is 2.41. The second-order valence-corrected chi connectivity index (χ2v) is 8.71. The van der Waals surface area contributed by atoms with E-state index in [0.29, 0.717) is 6.42 Å². The summed E-state index contributed by atoms with van der Waals surface area (Å²) in [6.45, 7) is 0. The average Bonchev–Trinajstić information content (AvgIpc) is 2.81. The number of hydrogen-bond donors (Lipinski definition) is 0. The summed E-state index contributed by atoms with van der Waals surface area (Å²) in [6, 6.07) is 8.02. The zero-order valence-corrected chi connectivity index (χ0v) is 12.8. The van der Waals surface area contributed by atoms with E-state index in [-0.39, 0.29) is 5.75 Å². The van der Waals surface area contributed by atoms with Gasteiger partial charge in [0.05, 0.1) is 16.4 Å². The third-order valence-electron chi connectivity index (χ3n) is 3.76. The first-order valence-corrected chi connectivity index (χ1v) is 9.44. The summed E-state index contributed by atoms with van der Waals surface area (Å²) in [4.78, 5) is 0. The number of rotatable bonds is 2. The van der Waals surface area contributed by atoms with Gasteiger partial charge in [0.25, 0.3) is 0 Å². The van der Waals surface area contributed by atoms with E-state index in [9.17, 15) is 8.42 Å². The van der Waals surface area contributed by atoms with Gasteiger partial charge in [0.2, 0.25) is 0 Å². The van der Waals surface area contributed by atoms with Gasteiger partial charge in [0, 0.05) is 4.70 Å². The number of halogens is 1. The van der Waals surface area contributed by atoms with Crippen molar-refractivity contribution in [2.75, 3.05) is 5.75 Å². The molecular weight excluding hydrogens is 300 g/mol. The first-order chi connectivity index (χ1) is 9.09. The number of benzene rings is 1. The summed E-state index contributed by atoms with van der Waals surface area (Å²) < 4.78 is 25.5. The fourth-order valence-electron chi connectivity index (χ4n) is 2.72. The smallest absolute Gasteiger partial charge is 0.154 e. The van der Waals surface area contributed by atoms with Crippen molar-refractivity contribution in [1.82, 2.24) is 0 Å². The first kappa shape index (κ1) is 13.4. The van der Waals surface area contributed by atoms with Gasteiger partial charge in [-0.05, 0) is 35.2 Å². The molecule has 0 radical (unpaired) electrons. The molecule has 2 nitrogen and oxygen atoms in total. The van der Waals surface area contributed by atoms with Crippen LogP contribution in [-0.2, 0) is 9.84 Å². The molecule has 2 heterocycles. The Balaban J connectivity index is 2.01. The van der Waals surface area contributed by atoms with E-state index in [1.54, 1.807) is 11.3 Å². The lowest BCUT2D eigenvalue weighted by Gasteiger charge is -2.26. The molecule has 1 aliphatic heterocycles. The van der Waals surface area contributed by atoms with Crippen LogP contribution in [0.3, 0.4) is 0 Å². The molecule has 2 aromatic rings. The fraction of sp³-hybridized carbons (Fsp3) is 0.429. The van der Waals surface area contributed by atoms with Crippen molar-refractivity contribution >= 4 is 42.9 Å². The molecule has 1 aliphatic rings. The van der Waals surface area contributed by atoms with Crippen molar-refractivity contribution in [1.29, 1.82) is 0 Å². The lowest BCUT2D eigenvalue weighted by molar-refractivity contribution is 0.534. The number of fused-ring (bicyclic) bond motifs is 1. The summed E-state index contributed by atoms with van der Waals surface area (Å²) >= 11 is 8.14. The van der Waals surface area contributed by atoms with Crippen molar-refractivity contribution in [2.24, 2.45) is 0 Å². The summed E-state index contributed by atoms with van der Waals surface area (Å²) in [5, 5.41) is 2.24. The zero-order valence-electron chi connectivity index (χ0n) is 10.4. The van der Waals surface area contributed by atoms with E-state index in [0.717, 1.165) is 28.5 Å². The van der Waals surface area contributed by atoms with Gasteiger partial charge in [0.1, 0.15) is 0 Å². The Labute approximate surface area is 122 Å². The van der Waals surface area contributed by atoms with Crippen molar-refractivity contribution in [3.05, 3.63) is 35.2 Å². The molecule has 19 heavy (non-hydrogen) atoms. The highest BCUT2D eigenvalue weighted by Gasteiger charge is 2.36. The lowest BCUT2D eigenvalue weighted by Crippen LogP contribution is -2.31. The minimum absolute atomic E-state index is 0.281. The summed E-state index contributed by atoms with van der Waals surface area (Å²) in [6.07, 6.45) is 2.41. The minimum atomic E-state index is -3.04. The largest absolute Gasteiger partial charge is 0.228 e. The Morgan fingerprint density at radius 1 is 1.26 bits per heavy atom. The van der Waals surface area contributed by atoms with Gasteiger partial charge in [-0.15, -0.1) is 22.9 Å². The molecule has 1 aromatic heterocycles. The molecule has 0 aliphatic carbocycles. The maximum atomic E-state index is 12.2. The summed E-state index contributed by atoms with van der Waals surface area (Å²) in [5.74, 6) is 0.281. The molecule has 0 saturated carbocycles. The van der Waals surface area contributed by atoms with E-state index in [4.69, 9.17) is 11.6 Å². The maximum Gasteiger partial charge on any atom is 0.154 e. The second-order valence-electron chi connectivity index (χ2n) is 4.99. The fourth-order valence-corrected chi connectivity index (χ4v) is 6.51. The van der Waals surface area contributed by atoms with Gasteiger partial charge in [0.15, 0.2) is 9.84 Å². The SMILES string of the molecule is O=S1(=O)CCCCC1C(Cl)c1csc2ccccc12. The normalized spacial score (nSPS) is 24.4. The number of sulfone groups is 1. The molecule has 102 valence electrons. The van der Waals surface area contributed by atoms with Crippen molar-refractivity contribution in [3.8, 4) is 0 Å². The predicted octanol–water partition coefficient (Wildman–Crippen LogP) is 4.15. The number of hydrogen-bond acceptors (Lipinski definition) is 3. The van der Waals surface area contributed by atoms with Crippen LogP contribution >= 0.6 is 22.9 Å². The number of thiophene rings is 1. The van der Waals surface area contributed by atoms with E-state index in [1.807, 2.05) is 29.6 Å². The van der Waals surface area contributed by atoms with Crippen LogP contribution in [0.1, 0.15) is 30.2 Å². The topological polar surface area (TPSA) is 34.1 Å². The van der Waals surface area contributed by atoms with Crippen molar-refractivity contribution in [3.63, 3.8) is 0 Å². The predicted molar refractivity (Wildman–Crippen MR) is 81.8 cm³/mol. The lowest BCUT2D eigenvalue weighted by atomic mass is 10.0. The van der Waals surface area contributed by atoms with Crippen LogP contribution in [0.15, 0.2) is 29.6 Å². The quantitative estimate of drug-likeness (QED) is 0.780. The minimum Gasteiger partial charge on any atom is -0.228 e. The molecule has 0 bridgehead atoms. The van der Waals surface area contributed by atoms with Crippen LogP contribution in [0.5, 0.6) is 0 Å². The van der Waals surface area contributed by atoms with Crippen LogP contribution in [0.25, 0.3) is 10.1 Å². The van der Waals surface area contributed by atoms with Crippen LogP contribution in [0.4, 0.5) is 0 Å².